The van der Waals surface area contributed by atoms with E-state index < -0.39 is 5.97 Å². The van der Waals surface area contributed by atoms with E-state index in [1.807, 2.05) is 0 Å². The molecule has 0 radical (unpaired) electrons. The van der Waals surface area contributed by atoms with Gasteiger partial charge in [-0.15, -0.1) is 0 Å². The molecule has 0 aliphatic carbocycles. The Bertz CT molecular complexity index is 303. The van der Waals surface area contributed by atoms with Crippen LogP contribution in [0, 0.1) is 0 Å². The van der Waals surface area contributed by atoms with Crippen molar-refractivity contribution in [2.24, 2.45) is 0 Å². The summed E-state index contributed by atoms with van der Waals surface area (Å²) in [6, 6.07) is 6.82. The van der Waals surface area contributed by atoms with E-state index in [1.165, 1.54) is 7.11 Å². The first-order chi connectivity index (χ1) is 6.29. The molecular weight excluding hydrogens is 211 g/mol. The molecule has 0 spiro atoms. The molecule has 1 unspecified atom stereocenters. The van der Waals surface area contributed by atoms with Crippen LogP contribution in [0.1, 0.15) is 10.4 Å². The van der Waals surface area contributed by atoms with Crippen molar-refractivity contribution in [2.75, 3.05) is 7.11 Å². The third-order valence-electron chi connectivity index (χ3n) is 1.46. The Kier molecular flexibility index (Phi) is 4.00. The predicted molar refractivity (Wildman–Crippen MR) is 52.6 cm³/mol. The lowest BCUT2D eigenvalue weighted by molar-refractivity contribution is 0.0760. The fourth-order valence-corrected chi connectivity index (χ4v) is 1.29. The number of halogens is 1. The molecule has 0 aromatic heterocycles. The Labute approximate surface area is 82.6 Å². The van der Waals surface area contributed by atoms with Crippen LogP contribution in [0.2, 0.25) is 0 Å². The highest BCUT2D eigenvalue weighted by atomic mass is 35.7. The summed E-state index contributed by atoms with van der Waals surface area (Å²) in [5, 5.41) is 0. The first-order valence-electron chi connectivity index (χ1n) is 3.49. The van der Waals surface area contributed by atoms with Crippen LogP contribution in [-0.4, -0.2) is 13.1 Å². The summed E-state index contributed by atoms with van der Waals surface area (Å²) in [6.07, 6.45) is 0. The monoisotopic (exact) mass is 218 g/mol. The second-order valence-corrected chi connectivity index (χ2v) is 2.99. The van der Waals surface area contributed by atoms with Gasteiger partial charge in [0, 0.05) is 0 Å². The van der Waals surface area contributed by atoms with E-state index >= 15 is 0 Å². The molecule has 1 aromatic rings. The number of rotatable bonds is 3. The van der Waals surface area contributed by atoms with Gasteiger partial charge in [0.2, 0.25) is 0 Å². The SMILES string of the molecule is COc1ccccc1C(=O)OPCl. The minimum absolute atomic E-state index is 0.371. The average Bonchev–Trinajstić information content (AvgIpc) is 2.18. The Morgan fingerprint density at radius 3 is 2.77 bits per heavy atom. The number of para-hydroxylation sites is 1. The highest BCUT2D eigenvalue weighted by Gasteiger charge is 2.11. The number of hydrogen-bond acceptors (Lipinski definition) is 3. The molecule has 0 heterocycles. The fraction of sp³-hybridized carbons (Fsp3) is 0.125. The molecule has 0 saturated carbocycles. The Morgan fingerprint density at radius 1 is 1.46 bits per heavy atom. The molecule has 70 valence electrons. The molecule has 5 heteroatoms. The van der Waals surface area contributed by atoms with Crippen LogP contribution < -0.4 is 4.74 Å². The van der Waals surface area contributed by atoms with E-state index in [4.69, 9.17) is 16.0 Å². The number of carbonyl (C=O) groups excluding carboxylic acids is 1. The van der Waals surface area contributed by atoms with Gasteiger partial charge in [0.15, 0.2) is 8.16 Å². The summed E-state index contributed by atoms with van der Waals surface area (Å²) in [4.78, 5) is 11.2. The van der Waals surface area contributed by atoms with Crippen molar-refractivity contribution >= 4 is 25.4 Å². The molecule has 3 nitrogen and oxygen atoms in total. The summed E-state index contributed by atoms with van der Waals surface area (Å²) in [5.41, 5.74) is 0.387. The lowest BCUT2D eigenvalue weighted by Crippen LogP contribution is -2.01. The number of methoxy groups -OCH3 is 1. The second-order valence-electron chi connectivity index (χ2n) is 2.17. The van der Waals surface area contributed by atoms with E-state index in [0.717, 1.165) is 0 Å². The molecule has 0 N–H and O–H groups in total. The normalized spacial score (nSPS) is 10.3. The molecular formula is C8H8ClO3P. The maximum atomic E-state index is 11.2. The van der Waals surface area contributed by atoms with Gasteiger partial charge in [-0.1, -0.05) is 23.4 Å². The molecule has 0 aliphatic heterocycles. The molecule has 0 fully saturated rings. The fourth-order valence-electron chi connectivity index (χ4n) is 0.903. The van der Waals surface area contributed by atoms with E-state index in [1.54, 1.807) is 24.3 Å². The lowest BCUT2D eigenvalue weighted by Gasteiger charge is -2.05. The summed E-state index contributed by atoms with van der Waals surface area (Å²) >= 11 is 5.29. The van der Waals surface area contributed by atoms with Gasteiger partial charge in [-0.25, -0.2) is 4.79 Å². The molecule has 0 aliphatic rings. The lowest BCUT2D eigenvalue weighted by atomic mass is 10.2. The molecule has 0 bridgehead atoms. The van der Waals surface area contributed by atoms with Gasteiger partial charge >= 0.3 is 5.97 Å². The summed E-state index contributed by atoms with van der Waals surface area (Å²) in [6.45, 7) is 0. The average molecular weight is 219 g/mol. The van der Waals surface area contributed by atoms with Crippen molar-refractivity contribution in [3.05, 3.63) is 29.8 Å². The Balaban J connectivity index is 2.92. The first kappa shape index (κ1) is 10.3. The summed E-state index contributed by atoms with van der Waals surface area (Å²) < 4.78 is 9.62. The van der Waals surface area contributed by atoms with Crippen molar-refractivity contribution in [1.82, 2.24) is 0 Å². The van der Waals surface area contributed by atoms with Crippen molar-refractivity contribution < 1.29 is 14.1 Å². The van der Waals surface area contributed by atoms with Crippen LogP contribution in [0.5, 0.6) is 5.75 Å². The third-order valence-corrected chi connectivity index (χ3v) is 1.95. The molecule has 1 atom stereocenters. The largest absolute Gasteiger partial charge is 0.496 e. The first-order valence-corrected chi connectivity index (χ1v) is 5.41. The number of carbonyl (C=O) groups is 1. The van der Waals surface area contributed by atoms with Gasteiger partial charge in [0.25, 0.3) is 0 Å². The maximum Gasteiger partial charge on any atom is 0.345 e. The predicted octanol–water partition coefficient (Wildman–Crippen LogP) is 2.60. The molecule has 1 rings (SSSR count). The standard InChI is InChI=1S/C8H8ClO3P/c1-11-7-5-3-2-4-6(7)8(10)12-13-9/h2-5,13H,1H3. The zero-order valence-electron chi connectivity index (χ0n) is 6.91. The van der Waals surface area contributed by atoms with E-state index in [-0.39, 0.29) is 8.16 Å². The molecule has 0 saturated heterocycles. The second kappa shape index (κ2) is 5.05. The number of benzene rings is 1. The molecule has 0 amide bonds. The van der Waals surface area contributed by atoms with Crippen molar-refractivity contribution in [2.45, 2.75) is 0 Å². The molecule has 13 heavy (non-hydrogen) atoms. The van der Waals surface area contributed by atoms with Gasteiger partial charge in [-0.3, -0.25) is 0 Å². The van der Waals surface area contributed by atoms with E-state index in [2.05, 4.69) is 4.52 Å². The minimum Gasteiger partial charge on any atom is -0.496 e. The minimum atomic E-state index is -0.467. The highest BCUT2D eigenvalue weighted by molar-refractivity contribution is 7.64. The maximum absolute atomic E-state index is 11.2. The van der Waals surface area contributed by atoms with Gasteiger partial charge in [-0.05, 0) is 12.1 Å². The summed E-state index contributed by atoms with van der Waals surface area (Å²) in [7, 11) is 1.12. The van der Waals surface area contributed by atoms with Crippen LogP contribution in [0.4, 0.5) is 0 Å². The van der Waals surface area contributed by atoms with E-state index in [0.29, 0.717) is 11.3 Å². The summed E-state index contributed by atoms with van der Waals surface area (Å²) in [5.74, 6) is 0.0215. The smallest absolute Gasteiger partial charge is 0.345 e. The van der Waals surface area contributed by atoms with Crippen molar-refractivity contribution in [3.8, 4) is 5.75 Å². The van der Waals surface area contributed by atoms with Gasteiger partial charge in [0.1, 0.15) is 11.3 Å². The van der Waals surface area contributed by atoms with Crippen LogP contribution in [-0.2, 0) is 4.52 Å². The zero-order valence-corrected chi connectivity index (χ0v) is 8.67. The van der Waals surface area contributed by atoms with Gasteiger partial charge in [-0.2, -0.15) is 0 Å². The Hall–Kier alpha value is -0.790. The number of hydrogen-bond donors (Lipinski definition) is 0. The molecule has 1 aromatic carbocycles. The quantitative estimate of drug-likeness (QED) is 0.732. The number of ether oxygens (including phenoxy) is 1. The van der Waals surface area contributed by atoms with Crippen LogP contribution in [0.25, 0.3) is 0 Å². The van der Waals surface area contributed by atoms with Gasteiger partial charge in [0.05, 0.1) is 7.11 Å². The van der Waals surface area contributed by atoms with E-state index in [9.17, 15) is 4.79 Å². The van der Waals surface area contributed by atoms with Crippen LogP contribution in [0.15, 0.2) is 24.3 Å². The van der Waals surface area contributed by atoms with Crippen LogP contribution >= 0.6 is 19.4 Å². The zero-order chi connectivity index (χ0) is 9.68. The van der Waals surface area contributed by atoms with Crippen molar-refractivity contribution in [3.63, 3.8) is 0 Å². The van der Waals surface area contributed by atoms with Crippen LogP contribution in [0.3, 0.4) is 0 Å². The topological polar surface area (TPSA) is 35.5 Å². The highest BCUT2D eigenvalue weighted by Crippen LogP contribution is 2.24. The Morgan fingerprint density at radius 2 is 2.15 bits per heavy atom. The van der Waals surface area contributed by atoms with Crippen molar-refractivity contribution in [1.29, 1.82) is 0 Å². The van der Waals surface area contributed by atoms with Gasteiger partial charge < -0.3 is 9.26 Å². The third kappa shape index (κ3) is 2.58.